The van der Waals surface area contributed by atoms with Crippen LogP contribution >= 0.6 is 22.9 Å². The molecule has 0 spiro atoms. The Morgan fingerprint density at radius 3 is 2.71 bits per heavy atom. The molecule has 0 amide bonds. The molecule has 0 saturated carbocycles. The van der Waals surface area contributed by atoms with Crippen molar-refractivity contribution in [1.82, 2.24) is 8.87 Å². The zero-order valence-electron chi connectivity index (χ0n) is 13.8. The summed E-state index contributed by atoms with van der Waals surface area (Å²) in [6, 6.07) is 6.97. The smallest absolute Gasteiger partial charge is 0.269 e. The van der Waals surface area contributed by atoms with E-state index in [2.05, 4.69) is 4.90 Å². The van der Waals surface area contributed by atoms with Gasteiger partial charge in [0.25, 0.3) is 10.0 Å². The molecule has 0 aliphatic heterocycles. The lowest BCUT2D eigenvalue weighted by atomic mass is 10.2. The van der Waals surface area contributed by atoms with E-state index in [-0.39, 0.29) is 4.90 Å². The molecule has 24 heavy (non-hydrogen) atoms. The lowest BCUT2D eigenvalue weighted by Crippen LogP contribution is -2.15. The highest BCUT2D eigenvalue weighted by Gasteiger charge is 2.24. The number of fused-ring (bicyclic) bond motifs is 1. The highest BCUT2D eigenvalue weighted by molar-refractivity contribution is 7.90. The van der Waals surface area contributed by atoms with Gasteiger partial charge in [0.2, 0.25) is 0 Å². The average molecular weight is 383 g/mol. The number of halogens is 1. The van der Waals surface area contributed by atoms with E-state index in [9.17, 15) is 8.42 Å². The van der Waals surface area contributed by atoms with E-state index in [4.69, 9.17) is 11.6 Å². The molecule has 0 radical (unpaired) electrons. The average Bonchev–Trinajstić information content (AvgIpc) is 3.10. The third-order valence-corrected chi connectivity index (χ3v) is 7.29. The number of hydrogen-bond donors (Lipinski definition) is 0. The van der Waals surface area contributed by atoms with Gasteiger partial charge in [0.1, 0.15) is 4.83 Å². The van der Waals surface area contributed by atoms with Crippen LogP contribution in [0.15, 0.2) is 40.7 Å². The maximum atomic E-state index is 13.2. The van der Waals surface area contributed by atoms with Crippen LogP contribution in [0.2, 0.25) is 5.02 Å². The number of benzene rings is 1. The van der Waals surface area contributed by atoms with Crippen molar-refractivity contribution in [3.8, 4) is 0 Å². The highest BCUT2D eigenvalue weighted by Crippen LogP contribution is 2.32. The topological polar surface area (TPSA) is 42.3 Å². The lowest BCUT2D eigenvalue weighted by Gasteiger charge is -2.10. The van der Waals surface area contributed by atoms with Gasteiger partial charge in [0, 0.05) is 23.2 Å². The first-order valence-corrected chi connectivity index (χ1v) is 10.2. The molecule has 0 bridgehead atoms. The van der Waals surface area contributed by atoms with Crippen LogP contribution in [0, 0.1) is 6.92 Å². The molecule has 2 aromatic heterocycles. The zero-order chi connectivity index (χ0) is 17.5. The fourth-order valence-electron chi connectivity index (χ4n) is 2.68. The van der Waals surface area contributed by atoms with Crippen LogP contribution < -0.4 is 0 Å². The molecule has 3 aromatic rings. The van der Waals surface area contributed by atoms with Crippen molar-refractivity contribution in [3.05, 3.63) is 52.0 Å². The molecule has 0 N–H and O–H groups in total. The molecule has 0 atom stereocenters. The Kier molecular flexibility index (Phi) is 4.75. The van der Waals surface area contributed by atoms with E-state index in [0.29, 0.717) is 10.6 Å². The summed E-state index contributed by atoms with van der Waals surface area (Å²) in [6.45, 7) is 2.60. The number of aromatic nitrogens is 1. The summed E-state index contributed by atoms with van der Waals surface area (Å²) in [4.78, 5) is 3.09. The van der Waals surface area contributed by atoms with Gasteiger partial charge in [-0.3, -0.25) is 0 Å². The largest absolute Gasteiger partial charge is 0.309 e. The lowest BCUT2D eigenvalue weighted by molar-refractivity contribution is 0.414. The second-order valence-electron chi connectivity index (χ2n) is 6.01. The summed E-state index contributed by atoms with van der Waals surface area (Å²) in [7, 11) is 0.338. The second-order valence-corrected chi connectivity index (χ2v) is 9.10. The first-order valence-electron chi connectivity index (χ1n) is 7.55. The van der Waals surface area contributed by atoms with Crippen LogP contribution in [-0.4, -0.2) is 37.9 Å². The third kappa shape index (κ3) is 2.99. The van der Waals surface area contributed by atoms with Crippen LogP contribution in [0.25, 0.3) is 10.2 Å². The van der Waals surface area contributed by atoms with Crippen molar-refractivity contribution in [1.29, 1.82) is 0 Å². The SMILES string of the molecule is Cc1c(Cl)cccc1S(=O)(=O)n1cc(CCN(C)C)c2ccsc21. The fourth-order valence-corrected chi connectivity index (χ4v) is 5.69. The van der Waals surface area contributed by atoms with Gasteiger partial charge < -0.3 is 4.90 Å². The van der Waals surface area contributed by atoms with Gasteiger partial charge in [-0.05, 0) is 62.1 Å². The van der Waals surface area contributed by atoms with E-state index in [1.807, 2.05) is 25.5 Å². The molecule has 4 nitrogen and oxygen atoms in total. The Hall–Kier alpha value is -1.34. The van der Waals surface area contributed by atoms with Crippen LogP contribution in [0.4, 0.5) is 0 Å². The molecular formula is C17H19ClN2O2S2. The minimum absolute atomic E-state index is 0.249. The van der Waals surface area contributed by atoms with Crippen LogP contribution in [0.1, 0.15) is 11.1 Å². The van der Waals surface area contributed by atoms with Gasteiger partial charge in [0.05, 0.1) is 4.90 Å². The highest BCUT2D eigenvalue weighted by atomic mass is 35.5. The molecule has 2 heterocycles. The molecule has 0 fully saturated rings. The molecule has 128 valence electrons. The van der Waals surface area contributed by atoms with Crippen molar-refractivity contribution in [2.45, 2.75) is 18.2 Å². The summed E-state index contributed by atoms with van der Waals surface area (Å²) in [5.41, 5.74) is 1.62. The molecule has 1 aromatic carbocycles. The standard InChI is InChI=1S/C17H19ClN2O2S2/c1-12-15(18)5-4-6-16(12)24(21,22)20-11-13(7-9-19(2)3)14-8-10-23-17(14)20/h4-6,8,10-11H,7,9H2,1-3H3. The molecule has 0 saturated heterocycles. The number of hydrogen-bond acceptors (Lipinski definition) is 4. The molecule has 0 aliphatic rings. The van der Waals surface area contributed by atoms with Gasteiger partial charge in [-0.15, -0.1) is 11.3 Å². The number of likely N-dealkylation sites (N-methyl/N-ethyl adjacent to an activating group) is 1. The van der Waals surface area contributed by atoms with Crippen LogP contribution in [-0.2, 0) is 16.4 Å². The van der Waals surface area contributed by atoms with E-state index >= 15 is 0 Å². The predicted molar refractivity (Wildman–Crippen MR) is 101 cm³/mol. The van der Waals surface area contributed by atoms with E-state index in [1.54, 1.807) is 31.3 Å². The van der Waals surface area contributed by atoms with Gasteiger partial charge in [-0.2, -0.15) is 0 Å². The summed E-state index contributed by atoms with van der Waals surface area (Å²) >= 11 is 7.56. The van der Waals surface area contributed by atoms with E-state index in [1.165, 1.54) is 15.3 Å². The van der Waals surface area contributed by atoms with Crippen molar-refractivity contribution in [2.24, 2.45) is 0 Å². The Balaban J connectivity index is 2.15. The Morgan fingerprint density at radius 1 is 1.25 bits per heavy atom. The van der Waals surface area contributed by atoms with Gasteiger partial charge >= 0.3 is 0 Å². The molecule has 0 unspecified atom stereocenters. The first-order chi connectivity index (χ1) is 11.3. The van der Waals surface area contributed by atoms with Gasteiger partial charge in [0.15, 0.2) is 0 Å². The van der Waals surface area contributed by atoms with Gasteiger partial charge in [-0.1, -0.05) is 17.7 Å². The summed E-state index contributed by atoms with van der Waals surface area (Å²) < 4.78 is 27.7. The van der Waals surface area contributed by atoms with Gasteiger partial charge in [-0.25, -0.2) is 12.4 Å². The fraction of sp³-hybridized carbons (Fsp3) is 0.294. The quantitative estimate of drug-likeness (QED) is 0.669. The van der Waals surface area contributed by atoms with Crippen molar-refractivity contribution < 1.29 is 8.42 Å². The number of rotatable bonds is 5. The van der Waals surface area contributed by atoms with Crippen LogP contribution in [0.3, 0.4) is 0 Å². The van der Waals surface area contributed by atoms with Crippen molar-refractivity contribution >= 4 is 43.2 Å². The minimum atomic E-state index is -3.68. The monoisotopic (exact) mass is 382 g/mol. The minimum Gasteiger partial charge on any atom is -0.309 e. The van der Waals surface area contributed by atoms with Crippen molar-refractivity contribution in [2.75, 3.05) is 20.6 Å². The molecule has 3 rings (SSSR count). The van der Waals surface area contributed by atoms with E-state index in [0.717, 1.165) is 28.7 Å². The normalized spacial score (nSPS) is 12.4. The maximum absolute atomic E-state index is 13.2. The summed E-state index contributed by atoms with van der Waals surface area (Å²) in [5.74, 6) is 0. The number of thiophene rings is 1. The first kappa shape index (κ1) is 17.5. The third-order valence-electron chi connectivity index (χ3n) is 4.05. The summed E-state index contributed by atoms with van der Waals surface area (Å²) in [5, 5.41) is 3.39. The molecule has 0 aliphatic carbocycles. The van der Waals surface area contributed by atoms with E-state index < -0.39 is 10.0 Å². The molecule has 7 heteroatoms. The van der Waals surface area contributed by atoms with Crippen LogP contribution in [0.5, 0.6) is 0 Å². The Bertz CT molecular complexity index is 987. The molecular weight excluding hydrogens is 364 g/mol. The zero-order valence-corrected chi connectivity index (χ0v) is 16.2. The predicted octanol–water partition coefficient (Wildman–Crippen LogP) is 4.01. The van der Waals surface area contributed by atoms with Crippen molar-refractivity contribution in [3.63, 3.8) is 0 Å². The Morgan fingerprint density at radius 2 is 2.00 bits per heavy atom. The Labute approximate surface area is 151 Å². The summed E-state index contributed by atoms with van der Waals surface area (Å²) in [6.07, 6.45) is 2.55. The second kappa shape index (κ2) is 6.52. The number of nitrogens with zero attached hydrogens (tertiary/aromatic N) is 2. The maximum Gasteiger partial charge on any atom is 0.269 e.